The van der Waals surface area contributed by atoms with Gasteiger partial charge in [0.25, 0.3) is 0 Å². The summed E-state index contributed by atoms with van der Waals surface area (Å²) in [6.45, 7) is 2.00. The lowest BCUT2D eigenvalue weighted by Crippen LogP contribution is -2.02. The molecular formula is C13H18O3. The quantitative estimate of drug-likeness (QED) is 0.742. The van der Waals surface area contributed by atoms with Gasteiger partial charge < -0.3 is 9.47 Å². The number of Topliss-reactive ketones (excluding diaryl/α,β-unsaturated/α-hetero) is 1. The van der Waals surface area contributed by atoms with Gasteiger partial charge in [0, 0.05) is 18.9 Å². The Morgan fingerprint density at radius 3 is 2.12 bits per heavy atom. The van der Waals surface area contributed by atoms with Crippen LogP contribution in [-0.2, 0) is 11.2 Å². The van der Waals surface area contributed by atoms with Crippen molar-refractivity contribution in [2.45, 2.75) is 26.2 Å². The number of carbonyl (C=O) groups excluding carboxylic acids is 1. The minimum Gasteiger partial charge on any atom is -0.497 e. The van der Waals surface area contributed by atoms with Crippen LogP contribution in [0.3, 0.4) is 0 Å². The van der Waals surface area contributed by atoms with Crippen LogP contribution in [0.4, 0.5) is 0 Å². The summed E-state index contributed by atoms with van der Waals surface area (Å²) < 4.78 is 10.3. The van der Waals surface area contributed by atoms with Crippen molar-refractivity contribution < 1.29 is 14.3 Å². The van der Waals surface area contributed by atoms with E-state index in [4.69, 9.17) is 9.47 Å². The molecule has 1 rings (SSSR count). The van der Waals surface area contributed by atoms with E-state index in [9.17, 15) is 4.79 Å². The van der Waals surface area contributed by atoms with Crippen LogP contribution in [-0.4, -0.2) is 20.0 Å². The number of ether oxygens (including phenoxy) is 2. The molecule has 0 unspecified atom stereocenters. The molecular weight excluding hydrogens is 204 g/mol. The molecule has 0 saturated carbocycles. The van der Waals surface area contributed by atoms with Crippen molar-refractivity contribution in [3.63, 3.8) is 0 Å². The molecule has 16 heavy (non-hydrogen) atoms. The van der Waals surface area contributed by atoms with Gasteiger partial charge in [-0.3, -0.25) is 4.79 Å². The molecule has 0 aromatic heterocycles. The van der Waals surface area contributed by atoms with Crippen LogP contribution >= 0.6 is 0 Å². The monoisotopic (exact) mass is 222 g/mol. The minimum absolute atomic E-state index is 0.248. The predicted molar refractivity (Wildman–Crippen MR) is 63.2 cm³/mol. The molecule has 0 N–H and O–H groups in total. The number of rotatable bonds is 6. The Morgan fingerprint density at radius 1 is 1.12 bits per heavy atom. The number of methoxy groups -OCH3 is 2. The Hall–Kier alpha value is -1.51. The van der Waals surface area contributed by atoms with E-state index in [-0.39, 0.29) is 5.78 Å². The van der Waals surface area contributed by atoms with Crippen LogP contribution in [0, 0.1) is 0 Å². The molecule has 0 fully saturated rings. The average Bonchev–Trinajstić information content (AvgIpc) is 2.28. The van der Waals surface area contributed by atoms with Crippen molar-refractivity contribution in [3.05, 3.63) is 23.8 Å². The molecule has 3 heteroatoms. The summed E-state index contributed by atoms with van der Waals surface area (Å²) in [5, 5.41) is 0. The molecule has 0 atom stereocenters. The molecule has 0 saturated heterocycles. The fourth-order valence-electron chi connectivity index (χ4n) is 1.56. The van der Waals surface area contributed by atoms with E-state index in [1.165, 1.54) is 0 Å². The molecule has 0 amide bonds. The van der Waals surface area contributed by atoms with Crippen LogP contribution in [0.25, 0.3) is 0 Å². The maximum absolute atomic E-state index is 11.5. The first kappa shape index (κ1) is 12.6. The zero-order valence-electron chi connectivity index (χ0n) is 10.1. The number of carbonyl (C=O) groups is 1. The SMILES string of the molecule is CCCC(=O)Cc1cc(OC)cc(OC)c1. The molecule has 1 aromatic carbocycles. The Balaban J connectivity index is 2.82. The van der Waals surface area contributed by atoms with Crippen molar-refractivity contribution in [3.8, 4) is 11.5 Å². The first-order valence-electron chi connectivity index (χ1n) is 5.43. The molecule has 0 bridgehead atoms. The van der Waals surface area contributed by atoms with E-state index in [1.54, 1.807) is 20.3 Å². The largest absolute Gasteiger partial charge is 0.497 e. The third-order valence-corrected chi connectivity index (χ3v) is 2.34. The summed E-state index contributed by atoms with van der Waals surface area (Å²) >= 11 is 0. The molecule has 0 aliphatic rings. The Morgan fingerprint density at radius 2 is 1.69 bits per heavy atom. The lowest BCUT2D eigenvalue weighted by molar-refractivity contribution is -0.118. The van der Waals surface area contributed by atoms with E-state index in [2.05, 4.69) is 0 Å². The lowest BCUT2D eigenvalue weighted by Gasteiger charge is -2.07. The van der Waals surface area contributed by atoms with Gasteiger partial charge >= 0.3 is 0 Å². The summed E-state index contributed by atoms with van der Waals surface area (Å²) in [5.74, 6) is 1.69. The highest BCUT2D eigenvalue weighted by atomic mass is 16.5. The molecule has 0 radical (unpaired) electrons. The molecule has 0 heterocycles. The standard InChI is InChI=1S/C13H18O3/c1-4-5-11(14)6-10-7-12(15-2)9-13(8-10)16-3/h7-9H,4-6H2,1-3H3. The fourth-order valence-corrected chi connectivity index (χ4v) is 1.56. The normalized spacial score (nSPS) is 9.94. The summed E-state index contributed by atoms with van der Waals surface area (Å²) in [6, 6.07) is 5.54. The highest BCUT2D eigenvalue weighted by Gasteiger charge is 2.06. The van der Waals surface area contributed by atoms with E-state index >= 15 is 0 Å². The third kappa shape index (κ3) is 3.57. The zero-order valence-corrected chi connectivity index (χ0v) is 10.1. The highest BCUT2D eigenvalue weighted by Crippen LogP contribution is 2.23. The van der Waals surface area contributed by atoms with Crippen LogP contribution in [0.2, 0.25) is 0 Å². The summed E-state index contributed by atoms with van der Waals surface area (Å²) in [6.07, 6.45) is 1.96. The minimum atomic E-state index is 0.248. The van der Waals surface area contributed by atoms with Gasteiger partial charge in [-0.2, -0.15) is 0 Å². The van der Waals surface area contributed by atoms with Gasteiger partial charge in [0.15, 0.2) is 0 Å². The van der Waals surface area contributed by atoms with Crippen molar-refractivity contribution in [1.29, 1.82) is 0 Å². The molecule has 0 aliphatic heterocycles. The van der Waals surface area contributed by atoms with E-state index in [0.29, 0.717) is 12.8 Å². The van der Waals surface area contributed by atoms with Gasteiger partial charge in [-0.25, -0.2) is 0 Å². The second-order valence-corrected chi connectivity index (χ2v) is 3.69. The second kappa shape index (κ2) is 6.16. The van der Waals surface area contributed by atoms with Gasteiger partial charge in [-0.05, 0) is 24.1 Å². The summed E-state index contributed by atoms with van der Waals surface area (Å²) in [5.41, 5.74) is 0.939. The topological polar surface area (TPSA) is 35.5 Å². The zero-order chi connectivity index (χ0) is 12.0. The van der Waals surface area contributed by atoms with Crippen molar-refractivity contribution in [2.24, 2.45) is 0 Å². The number of hydrogen-bond acceptors (Lipinski definition) is 3. The molecule has 0 spiro atoms. The third-order valence-electron chi connectivity index (χ3n) is 2.34. The molecule has 88 valence electrons. The predicted octanol–water partition coefficient (Wildman–Crippen LogP) is 2.62. The first-order chi connectivity index (χ1) is 7.69. The smallest absolute Gasteiger partial charge is 0.137 e. The fraction of sp³-hybridized carbons (Fsp3) is 0.462. The Bertz CT molecular complexity index is 336. The number of ketones is 1. The molecule has 0 aliphatic carbocycles. The number of hydrogen-bond donors (Lipinski definition) is 0. The maximum atomic E-state index is 11.5. The molecule has 1 aromatic rings. The summed E-state index contributed by atoms with van der Waals surface area (Å²) in [7, 11) is 3.21. The van der Waals surface area contributed by atoms with E-state index < -0.39 is 0 Å². The van der Waals surface area contributed by atoms with Gasteiger partial charge in [0.2, 0.25) is 0 Å². The van der Waals surface area contributed by atoms with Gasteiger partial charge in [-0.15, -0.1) is 0 Å². The summed E-state index contributed by atoms with van der Waals surface area (Å²) in [4.78, 5) is 11.5. The Kier molecular flexibility index (Phi) is 4.83. The maximum Gasteiger partial charge on any atom is 0.137 e. The second-order valence-electron chi connectivity index (χ2n) is 3.69. The van der Waals surface area contributed by atoms with Crippen LogP contribution in [0.5, 0.6) is 11.5 Å². The van der Waals surface area contributed by atoms with E-state index in [1.807, 2.05) is 19.1 Å². The van der Waals surface area contributed by atoms with Crippen LogP contribution < -0.4 is 9.47 Å². The van der Waals surface area contributed by atoms with Crippen LogP contribution in [0.15, 0.2) is 18.2 Å². The van der Waals surface area contributed by atoms with Crippen molar-refractivity contribution in [1.82, 2.24) is 0 Å². The van der Waals surface area contributed by atoms with E-state index in [0.717, 1.165) is 23.5 Å². The van der Waals surface area contributed by atoms with Crippen molar-refractivity contribution >= 4 is 5.78 Å². The number of benzene rings is 1. The van der Waals surface area contributed by atoms with Gasteiger partial charge in [0.05, 0.1) is 14.2 Å². The average molecular weight is 222 g/mol. The lowest BCUT2D eigenvalue weighted by atomic mass is 10.1. The van der Waals surface area contributed by atoms with Crippen molar-refractivity contribution in [2.75, 3.05) is 14.2 Å². The highest BCUT2D eigenvalue weighted by molar-refractivity contribution is 5.81. The van der Waals surface area contributed by atoms with Crippen LogP contribution in [0.1, 0.15) is 25.3 Å². The van der Waals surface area contributed by atoms with Gasteiger partial charge in [0.1, 0.15) is 17.3 Å². The first-order valence-corrected chi connectivity index (χ1v) is 5.43. The Labute approximate surface area is 96.4 Å². The van der Waals surface area contributed by atoms with Gasteiger partial charge in [-0.1, -0.05) is 6.92 Å². The molecule has 3 nitrogen and oxygen atoms in total.